The number of rotatable bonds is 53. The standard InChI is InChI=1S/C57H118N.BrH/c1-5-9-12-15-18-21-24-27-30-33-36-39-42-45-48-51-55-58(54-8-4,56-52-49-46-43-40-37-34-31-28-25-22-19-16-13-10-6-2)57-53-50-47-44-41-38-35-32-29-26-23-20-17-14-11-7-3;/h5-57H2,1-4H3;1H/q+1;/p-1. The zero-order valence-electron chi connectivity index (χ0n) is 42.3. The van der Waals surface area contributed by atoms with E-state index in [9.17, 15) is 0 Å². The van der Waals surface area contributed by atoms with E-state index in [4.69, 9.17) is 0 Å². The molecule has 0 fully saturated rings. The highest BCUT2D eigenvalue weighted by atomic mass is 79.9. The summed E-state index contributed by atoms with van der Waals surface area (Å²) in [6.07, 6.45) is 72.2. The summed E-state index contributed by atoms with van der Waals surface area (Å²) in [5.41, 5.74) is 0. The molecule has 0 atom stereocenters. The summed E-state index contributed by atoms with van der Waals surface area (Å²) in [7, 11) is 0. The maximum atomic E-state index is 2.47. The molecular formula is C57H118BrN. The number of hydrogen-bond donors (Lipinski definition) is 0. The van der Waals surface area contributed by atoms with E-state index in [1.807, 2.05) is 0 Å². The van der Waals surface area contributed by atoms with E-state index in [0.717, 1.165) is 0 Å². The summed E-state index contributed by atoms with van der Waals surface area (Å²) >= 11 is 0. The van der Waals surface area contributed by atoms with Gasteiger partial charge in [0.05, 0.1) is 26.2 Å². The molecule has 0 saturated heterocycles. The van der Waals surface area contributed by atoms with Crippen molar-refractivity contribution in [3.63, 3.8) is 0 Å². The second kappa shape index (κ2) is 54.6. The van der Waals surface area contributed by atoms with Crippen LogP contribution in [-0.4, -0.2) is 30.7 Å². The summed E-state index contributed by atoms with van der Waals surface area (Å²) in [6, 6.07) is 0. The van der Waals surface area contributed by atoms with E-state index in [1.54, 1.807) is 0 Å². The van der Waals surface area contributed by atoms with Gasteiger partial charge in [0.1, 0.15) is 0 Å². The van der Waals surface area contributed by atoms with Crippen LogP contribution in [0, 0.1) is 0 Å². The van der Waals surface area contributed by atoms with Crippen LogP contribution in [0.2, 0.25) is 0 Å². The fourth-order valence-corrected chi connectivity index (χ4v) is 10.1. The fraction of sp³-hybridized carbons (Fsp3) is 1.00. The molecule has 1 nitrogen and oxygen atoms in total. The van der Waals surface area contributed by atoms with E-state index in [0.29, 0.717) is 0 Å². The molecular weight excluding hydrogens is 779 g/mol. The van der Waals surface area contributed by atoms with E-state index in [-0.39, 0.29) is 17.0 Å². The quantitative estimate of drug-likeness (QED) is 0.0422. The average Bonchev–Trinajstić information content (AvgIpc) is 3.23. The molecule has 0 N–H and O–H groups in total. The number of hydrogen-bond acceptors (Lipinski definition) is 0. The van der Waals surface area contributed by atoms with Crippen molar-refractivity contribution in [2.75, 3.05) is 26.2 Å². The van der Waals surface area contributed by atoms with Gasteiger partial charge in [-0.1, -0.05) is 297 Å². The third-order valence-electron chi connectivity index (χ3n) is 14.2. The number of quaternary nitrogens is 1. The van der Waals surface area contributed by atoms with Crippen LogP contribution in [0.5, 0.6) is 0 Å². The maximum Gasteiger partial charge on any atom is 0.0786 e. The van der Waals surface area contributed by atoms with Crippen molar-refractivity contribution >= 4 is 0 Å². The van der Waals surface area contributed by atoms with Crippen LogP contribution in [0.25, 0.3) is 0 Å². The average molecular weight is 897 g/mol. The Bertz CT molecular complexity index is 618. The summed E-state index contributed by atoms with van der Waals surface area (Å²) < 4.78 is 1.46. The highest BCUT2D eigenvalue weighted by molar-refractivity contribution is 4.56. The second-order valence-corrected chi connectivity index (χ2v) is 20.1. The van der Waals surface area contributed by atoms with Crippen molar-refractivity contribution in [1.82, 2.24) is 0 Å². The summed E-state index contributed by atoms with van der Waals surface area (Å²) in [5, 5.41) is 0. The zero-order chi connectivity index (χ0) is 42.0. The summed E-state index contributed by atoms with van der Waals surface area (Å²) in [4.78, 5) is 0. The van der Waals surface area contributed by atoms with Gasteiger partial charge in [0, 0.05) is 0 Å². The number of halogens is 1. The Kier molecular flexibility index (Phi) is 56.9. The van der Waals surface area contributed by atoms with Crippen LogP contribution in [0.15, 0.2) is 0 Å². The van der Waals surface area contributed by atoms with Gasteiger partial charge in [-0.15, -0.1) is 0 Å². The first-order valence-electron chi connectivity index (χ1n) is 28.6. The van der Waals surface area contributed by atoms with Gasteiger partial charge < -0.3 is 21.5 Å². The number of unbranched alkanes of at least 4 members (excludes halogenated alkanes) is 45. The Labute approximate surface area is 388 Å². The van der Waals surface area contributed by atoms with E-state index in [2.05, 4.69) is 27.7 Å². The van der Waals surface area contributed by atoms with Crippen LogP contribution in [0.1, 0.15) is 342 Å². The Morgan fingerprint density at radius 3 is 0.424 bits per heavy atom. The molecule has 0 aromatic rings. The summed E-state index contributed by atoms with van der Waals surface area (Å²) in [5.74, 6) is 0. The second-order valence-electron chi connectivity index (χ2n) is 20.1. The van der Waals surface area contributed by atoms with Gasteiger partial charge in [-0.05, 0) is 44.9 Å². The van der Waals surface area contributed by atoms with Crippen LogP contribution in [-0.2, 0) is 0 Å². The van der Waals surface area contributed by atoms with Crippen molar-refractivity contribution in [2.24, 2.45) is 0 Å². The minimum absolute atomic E-state index is 0. The Balaban J connectivity index is 0. The molecule has 0 radical (unpaired) electrons. The van der Waals surface area contributed by atoms with E-state index in [1.165, 1.54) is 345 Å². The molecule has 0 heterocycles. The van der Waals surface area contributed by atoms with Crippen molar-refractivity contribution < 1.29 is 21.5 Å². The topological polar surface area (TPSA) is 0 Å². The van der Waals surface area contributed by atoms with Crippen molar-refractivity contribution in [1.29, 1.82) is 0 Å². The molecule has 0 rings (SSSR count). The number of nitrogens with zero attached hydrogens (tertiary/aromatic N) is 1. The van der Waals surface area contributed by atoms with Crippen LogP contribution < -0.4 is 17.0 Å². The summed E-state index contributed by atoms with van der Waals surface area (Å²) in [6.45, 7) is 15.3. The molecule has 0 amide bonds. The zero-order valence-corrected chi connectivity index (χ0v) is 43.9. The maximum absolute atomic E-state index is 2.47. The van der Waals surface area contributed by atoms with Gasteiger partial charge in [-0.2, -0.15) is 0 Å². The minimum atomic E-state index is 0. The molecule has 59 heavy (non-hydrogen) atoms. The third kappa shape index (κ3) is 49.3. The van der Waals surface area contributed by atoms with Crippen LogP contribution >= 0.6 is 0 Å². The highest BCUT2D eigenvalue weighted by Gasteiger charge is 2.25. The van der Waals surface area contributed by atoms with Crippen LogP contribution in [0.3, 0.4) is 0 Å². The predicted octanol–water partition coefficient (Wildman–Crippen LogP) is 18.0. The fourth-order valence-electron chi connectivity index (χ4n) is 10.1. The highest BCUT2D eigenvalue weighted by Crippen LogP contribution is 2.21. The lowest BCUT2D eigenvalue weighted by molar-refractivity contribution is -0.929. The largest absolute Gasteiger partial charge is 1.00 e. The van der Waals surface area contributed by atoms with Gasteiger partial charge in [0.25, 0.3) is 0 Å². The Morgan fingerprint density at radius 1 is 0.153 bits per heavy atom. The third-order valence-corrected chi connectivity index (χ3v) is 14.2. The predicted molar refractivity (Wildman–Crippen MR) is 269 cm³/mol. The molecule has 0 saturated carbocycles. The first kappa shape index (κ1) is 61.5. The molecule has 0 aromatic carbocycles. The van der Waals surface area contributed by atoms with E-state index >= 15 is 0 Å². The lowest BCUT2D eigenvalue weighted by Crippen LogP contribution is -3.00. The van der Waals surface area contributed by atoms with Crippen molar-refractivity contribution in [3.8, 4) is 0 Å². The molecule has 358 valence electrons. The molecule has 0 unspecified atom stereocenters. The molecule has 2 heteroatoms. The van der Waals surface area contributed by atoms with Gasteiger partial charge in [0.15, 0.2) is 0 Å². The molecule has 0 spiro atoms. The lowest BCUT2D eigenvalue weighted by atomic mass is 10.0. The Morgan fingerprint density at radius 2 is 0.288 bits per heavy atom. The minimum Gasteiger partial charge on any atom is -1.00 e. The van der Waals surface area contributed by atoms with Crippen molar-refractivity contribution in [3.05, 3.63) is 0 Å². The molecule has 0 aliphatic rings. The van der Waals surface area contributed by atoms with Crippen LogP contribution in [0.4, 0.5) is 0 Å². The first-order valence-corrected chi connectivity index (χ1v) is 28.6. The lowest BCUT2D eigenvalue weighted by Gasteiger charge is -2.39. The van der Waals surface area contributed by atoms with Crippen molar-refractivity contribution in [2.45, 2.75) is 342 Å². The van der Waals surface area contributed by atoms with Gasteiger partial charge in [-0.3, -0.25) is 0 Å². The normalized spacial score (nSPS) is 11.8. The van der Waals surface area contributed by atoms with Gasteiger partial charge in [-0.25, -0.2) is 0 Å². The Hall–Kier alpha value is 0.440. The molecule has 0 aliphatic heterocycles. The molecule has 0 aliphatic carbocycles. The van der Waals surface area contributed by atoms with Gasteiger partial charge in [0.2, 0.25) is 0 Å². The SMILES string of the molecule is CCCCCCCCCCCCCCCCCC[N+](CCC)(CCCCCCCCCCCCCCCCCC)CCCCCCCCCCCCCCCCCC.[Br-]. The van der Waals surface area contributed by atoms with Gasteiger partial charge >= 0.3 is 0 Å². The monoisotopic (exact) mass is 896 g/mol. The first-order chi connectivity index (χ1) is 28.7. The molecule has 0 aromatic heterocycles. The van der Waals surface area contributed by atoms with E-state index < -0.39 is 0 Å². The smallest absolute Gasteiger partial charge is 0.0786 e. The molecule has 0 bridgehead atoms.